The Morgan fingerprint density at radius 3 is 2.32 bits per heavy atom. The number of anilines is 1. The maximum absolute atomic E-state index is 12.8. The van der Waals surface area contributed by atoms with Gasteiger partial charge >= 0.3 is 0 Å². The van der Waals surface area contributed by atoms with Crippen molar-refractivity contribution in [2.75, 3.05) is 18.4 Å². The van der Waals surface area contributed by atoms with Crippen LogP contribution in [0.25, 0.3) is 0 Å². The molecule has 1 aliphatic carbocycles. The molecule has 1 aliphatic heterocycles. The first kappa shape index (κ1) is 20.9. The summed E-state index contributed by atoms with van der Waals surface area (Å²) < 4.78 is 0. The van der Waals surface area contributed by atoms with Gasteiger partial charge in [0.15, 0.2) is 11.5 Å². The van der Waals surface area contributed by atoms with E-state index in [0.29, 0.717) is 25.9 Å². The molecule has 0 bridgehead atoms. The second kappa shape index (κ2) is 9.63. The molecule has 2 aromatic heterocycles. The molecule has 3 heterocycles. The summed E-state index contributed by atoms with van der Waals surface area (Å²) in [5, 5.41) is 5.58. The molecule has 0 aromatic carbocycles. The van der Waals surface area contributed by atoms with Crippen molar-refractivity contribution in [3.8, 4) is 0 Å². The van der Waals surface area contributed by atoms with Gasteiger partial charge in [0.2, 0.25) is 5.91 Å². The molecule has 162 valence electrons. The molecule has 4 rings (SSSR count). The lowest BCUT2D eigenvalue weighted by molar-refractivity contribution is -0.136. The van der Waals surface area contributed by atoms with Gasteiger partial charge in [-0.2, -0.15) is 0 Å². The molecular formula is C22H26N6O3. The molecular weight excluding hydrogens is 396 g/mol. The standard InChI is InChI=1S/C22H26N6O3/c29-20(17-7-3-4-10-23-17)27-19-18(24-11-12-25-19)21(30)26-16-8-13-28(14-9-16)22(31)15-5-1-2-6-15/h3-4,7,10-12,15-16H,1-2,5-6,8-9,13-14H2,(H,26,30)(H,25,27,29). The average molecular weight is 422 g/mol. The highest BCUT2D eigenvalue weighted by Gasteiger charge is 2.31. The summed E-state index contributed by atoms with van der Waals surface area (Å²) in [5.41, 5.74) is 0.273. The Morgan fingerprint density at radius 2 is 1.61 bits per heavy atom. The van der Waals surface area contributed by atoms with Gasteiger partial charge < -0.3 is 15.5 Å². The van der Waals surface area contributed by atoms with Gasteiger partial charge in [-0.3, -0.25) is 19.4 Å². The van der Waals surface area contributed by atoms with Gasteiger partial charge in [0, 0.05) is 43.6 Å². The largest absolute Gasteiger partial charge is 0.348 e. The molecule has 2 aromatic rings. The zero-order chi connectivity index (χ0) is 21.6. The Balaban J connectivity index is 1.34. The van der Waals surface area contributed by atoms with Crippen LogP contribution >= 0.6 is 0 Å². The number of rotatable bonds is 5. The van der Waals surface area contributed by atoms with Crippen LogP contribution in [-0.2, 0) is 4.79 Å². The van der Waals surface area contributed by atoms with Crippen molar-refractivity contribution in [1.82, 2.24) is 25.2 Å². The van der Waals surface area contributed by atoms with Gasteiger partial charge in [0.05, 0.1) is 0 Å². The van der Waals surface area contributed by atoms with Crippen LogP contribution in [0.5, 0.6) is 0 Å². The molecule has 9 heteroatoms. The Bertz CT molecular complexity index is 937. The van der Waals surface area contributed by atoms with Crippen LogP contribution in [0, 0.1) is 5.92 Å². The van der Waals surface area contributed by atoms with Crippen LogP contribution in [-0.4, -0.2) is 56.7 Å². The van der Waals surface area contributed by atoms with E-state index in [4.69, 9.17) is 0 Å². The molecule has 1 saturated carbocycles. The monoisotopic (exact) mass is 422 g/mol. The third-order valence-corrected chi connectivity index (χ3v) is 5.89. The highest BCUT2D eigenvalue weighted by atomic mass is 16.2. The zero-order valence-electron chi connectivity index (χ0n) is 17.3. The topological polar surface area (TPSA) is 117 Å². The van der Waals surface area contributed by atoms with E-state index < -0.39 is 11.8 Å². The van der Waals surface area contributed by atoms with Gasteiger partial charge in [-0.15, -0.1) is 0 Å². The molecule has 2 aliphatic rings. The van der Waals surface area contributed by atoms with Crippen LogP contribution in [0.4, 0.5) is 5.82 Å². The summed E-state index contributed by atoms with van der Waals surface area (Å²) in [5.74, 6) is -0.338. The first-order valence-corrected chi connectivity index (χ1v) is 10.7. The van der Waals surface area contributed by atoms with E-state index in [0.717, 1.165) is 25.7 Å². The molecule has 1 saturated heterocycles. The van der Waals surface area contributed by atoms with E-state index in [-0.39, 0.29) is 35.1 Å². The smallest absolute Gasteiger partial charge is 0.275 e. The van der Waals surface area contributed by atoms with Crippen molar-refractivity contribution >= 4 is 23.5 Å². The van der Waals surface area contributed by atoms with Crippen LogP contribution in [0.1, 0.15) is 59.5 Å². The highest BCUT2D eigenvalue weighted by Crippen LogP contribution is 2.27. The van der Waals surface area contributed by atoms with Crippen LogP contribution < -0.4 is 10.6 Å². The quantitative estimate of drug-likeness (QED) is 0.761. The number of nitrogens with zero attached hydrogens (tertiary/aromatic N) is 4. The van der Waals surface area contributed by atoms with E-state index >= 15 is 0 Å². The summed E-state index contributed by atoms with van der Waals surface area (Å²) >= 11 is 0. The summed E-state index contributed by atoms with van der Waals surface area (Å²) in [6.45, 7) is 1.29. The van der Waals surface area contributed by atoms with Crippen molar-refractivity contribution in [1.29, 1.82) is 0 Å². The van der Waals surface area contributed by atoms with E-state index in [1.165, 1.54) is 18.6 Å². The molecule has 9 nitrogen and oxygen atoms in total. The average Bonchev–Trinajstić information content (AvgIpc) is 3.35. The number of amides is 3. The van der Waals surface area contributed by atoms with Gasteiger partial charge in [-0.05, 0) is 37.8 Å². The molecule has 2 fully saturated rings. The van der Waals surface area contributed by atoms with Crippen LogP contribution in [0.15, 0.2) is 36.8 Å². The maximum atomic E-state index is 12.8. The normalized spacial score (nSPS) is 17.4. The van der Waals surface area contributed by atoms with Gasteiger partial charge in [0.25, 0.3) is 11.8 Å². The summed E-state index contributed by atoms with van der Waals surface area (Å²) in [4.78, 5) is 51.9. The molecule has 0 atom stereocenters. The fourth-order valence-electron chi connectivity index (χ4n) is 4.19. The Morgan fingerprint density at radius 1 is 0.871 bits per heavy atom. The predicted molar refractivity (Wildman–Crippen MR) is 113 cm³/mol. The minimum atomic E-state index is -0.464. The lowest BCUT2D eigenvalue weighted by atomic mass is 10.0. The van der Waals surface area contributed by atoms with Crippen molar-refractivity contribution in [2.24, 2.45) is 5.92 Å². The number of nitrogens with one attached hydrogen (secondary N) is 2. The minimum Gasteiger partial charge on any atom is -0.348 e. The first-order chi connectivity index (χ1) is 15.1. The second-order valence-electron chi connectivity index (χ2n) is 7.98. The molecule has 3 amide bonds. The summed E-state index contributed by atoms with van der Waals surface area (Å²) in [7, 11) is 0. The fraction of sp³-hybridized carbons (Fsp3) is 0.455. The molecule has 2 N–H and O–H groups in total. The SMILES string of the molecule is O=C(Nc1nccnc1C(=O)NC1CCN(C(=O)C2CCCC2)CC1)c1ccccn1. The van der Waals surface area contributed by atoms with E-state index in [2.05, 4.69) is 25.6 Å². The van der Waals surface area contributed by atoms with Crippen molar-refractivity contribution < 1.29 is 14.4 Å². The number of aromatic nitrogens is 3. The van der Waals surface area contributed by atoms with Crippen molar-refractivity contribution in [3.05, 3.63) is 48.2 Å². The number of hydrogen-bond acceptors (Lipinski definition) is 6. The Hall–Kier alpha value is -3.36. The maximum Gasteiger partial charge on any atom is 0.275 e. The predicted octanol–water partition coefficient (Wildman–Crippen LogP) is 2.03. The number of carbonyl (C=O) groups is 3. The second-order valence-corrected chi connectivity index (χ2v) is 7.98. The summed E-state index contributed by atoms with van der Waals surface area (Å²) in [6.07, 6.45) is 10.0. The van der Waals surface area contributed by atoms with Gasteiger partial charge in [-0.1, -0.05) is 18.9 Å². The molecule has 0 spiro atoms. The number of carbonyl (C=O) groups excluding carboxylic acids is 3. The number of likely N-dealkylation sites (tertiary alicyclic amines) is 1. The Labute approximate surface area is 180 Å². The van der Waals surface area contributed by atoms with Crippen molar-refractivity contribution in [2.45, 2.75) is 44.6 Å². The molecule has 0 radical (unpaired) electrons. The first-order valence-electron chi connectivity index (χ1n) is 10.7. The minimum absolute atomic E-state index is 0.0521. The zero-order valence-corrected chi connectivity index (χ0v) is 17.3. The van der Waals surface area contributed by atoms with Gasteiger partial charge in [0.1, 0.15) is 5.69 Å². The van der Waals surface area contributed by atoms with Crippen molar-refractivity contribution in [3.63, 3.8) is 0 Å². The molecule has 0 unspecified atom stereocenters. The molecule has 31 heavy (non-hydrogen) atoms. The van der Waals surface area contributed by atoms with Crippen LogP contribution in [0.3, 0.4) is 0 Å². The van der Waals surface area contributed by atoms with Crippen LogP contribution in [0.2, 0.25) is 0 Å². The lowest BCUT2D eigenvalue weighted by Gasteiger charge is -2.33. The number of piperidine rings is 1. The summed E-state index contributed by atoms with van der Waals surface area (Å²) in [6, 6.07) is 4.94. The fourth-order valence-corrected chi connectivity index (χ4v) is 4.19. The number of hydrogen-bond donors (Lipinski definition) is 2. The lowest BCUT2D eigenvalue weighted by Crippen LogP contribution is -2.48. The number of pyridine rings is 1. The Kier molecular flexibility index (Phi) is 6.49. The van der Waals surface area contributed by atoms with Gasteiger partial charge in [-0.25, -0.2) is 9.97 Å². The third kappa shape index (κ3) is 5.04. The highest BCUT2D eigenvalue weighted by molar-refractivity contribution is 6.06. The van der Waals surface area contributed by atoms with E-state index in [1.54, 1.807) is 18.2 Å². The van der Waals surface area contributed by atoms with E-state index in [1.807, 2.05) is 4.90 Å². The third-order valence-electron chi connectivity index (χ3n) is 5.89. The van der Waals surface area contributed by atoms with E-state index in [9.17, 15) is 14.4 Å².